The number of aryl methyl sites for hydroxylation is 2. The Kier molecular flexibility index (Phi) is 8.53. The number of benzene rings is 2. The van der Waals surface area contributed by atoms with Gasteiger partial charge in [0.15, 0.2) is 6.10 Å². The van der Waals surface area contributed by atoms with E-state index in [0.717, 1.165) is 12.1 Å². The molecule has 3 aromatic rings. The van der Waals surface area contributed by atoms with Gasteiger partial charge in [-0.15, -0.1) is 0 Å². The second-order valence-electron chi connectivity index (χ2n) is 7.72. The fourth-order valence-corrected chi connectivity index (χ4v) is 3.68. The number of carbonyl (C=O) groups is 2. The average Bonchev–Trinajstić information content (AvgIpc) is 2.82. The molecule has 1 aromatic heterocycles. The van der Waals surface area contributed by atoms with Gasteiger partial charge >= 0.3 is 5.97 Å². The summed E-state index contributed by atoms with van der Waals surface area (Å²) in [6.07, 6.45) is -1.21. The molecule has 2 N–H and O–H groups in total. The van der Waals surface area contributed by atoms with Crippen LogP contribution in [0.25, 0.3) is 5.69 Å². The maximum atomic E-state index is 13.9. The van der Waals surface area contributed by atoms with Crippen molar-refractivity contribution in [2.75, 3.05) is 13.7 Å². The summed E-state index contributed by atoms with van der Waals surface area (Å²) in [6.45, 7) is 2.76. The molecular weight excluding hydrogens is 544 g/mol. The van der Waals surface area contributed by atoms with Crippen LogP contribution in [0.5, 0.6) is 5.88 Å². The number of amides is 1. The highest BCUT2D eigenvalue weighted by molar-refractivity contribution is 9.10. The molecule has 1 atom stereocenters. The number of aromatic nitrogens is 2. The summed E-state index contributed by atoms with van der Waals surface area (Å²) in [5, 5.41) is 11.5. The summed E-state index contributed by atoms with van der Waals surface area (Å²) in [5.74, 6) is -3.14. The highest BCUT2D eigenvalue weighted by Crippen LogP contribution is 2.24. The molecule has 3 rings (SSSR count). The van der Waals surface area contributed by atoms with Crippen LogP contribution in [0.15, 0.2) is 45.7 Å². The Morgan fingerprint density at radius 2 is 1.92 bits per heavy atom. The topological polar surface area (TPSA) is 120 Å². The molecule has 12 heteroatoms. The quantitative estimate of drug-likeness (QED) is 0.408. The third-order valence-corrected chi connectivity index (χ3v) is 5.94. The molecule has 9 nitrogen and oxygen atoms in total. The number of aliphatic carboxylic acids is 1. The van der Waals surface area contributed by atoms with Crippen molar-refractivity contribution < 1.29 is 33.0 Å². The van der Waals surface area contributed by atoms with Gasteiger partial charge in [0.05, 0.1) is 12.2 Å². The number of rotatable bonds is 9. The first-order valence-corrected chi connectivity index (χ1v) is 11.3. The predicted molar refractivity (Wildman–Crippen MR) is 128 cm³/mol. The van der Waals surface area contributed by atoms with Crippen LogP contribution in [-0.4, -0.2) is 46.3 Å². The van der Waals surface area contributed by atoms with Gasteiger partial charge in [0.1, 0.15) is 28.5 Å². The minimum absolute atomic E-state index is 0.0331. The van der Waals surface area contributed by atoms with Crippen molar-refractivity contribution in [3.63, 3.8) is 0 Å². The Labute approximate surface area is 212 Å². The lowest BCUT2D eigenvalue weighted by Gasteiger charge is -2.16. The molecule has 1 unspecified atom stereocenters. The predicted octanol–water partition coefficient (Wildman–Crippen LogP) is 3.30. The van der Waals surface area contributed by atoms with E-state index in [-0.39, 0.29) is 40.5 Å². The molecule has 1 heterocycles. The van der Waals surface area contributed by atoms with Gasteiger partial charge in [-0.1, -0.05) is 6.07 Å². The summed E-state index contributed by atoms with van der Waals surface area (Å²) in [4.78, 5) is 41.2. The number of ether oxygens (including phenoxy) is 2. The molecular formula is C24H22BrF2N3O6. The van der Waals surface area contributed by atoms with Gasteiger partial charge in [-0.05, 0) is 59.6 Å². The summed E-state index contributed by atoms with van der Waals surface area (Å²) < 4.78 is 38.6. The zero-order valence-electron chi connectivity index (χ0n) is 19.5. The zero-order chi connectivity index (χ0) is 26.6. The number of nitrogens with one attached hydrogen (secondary N) is 1. The molecule has 2 aromatic carbocycles. The molecule has 190 valence electrons. The monoisotopic (exact) mass is 565 g/mol. The maximum Gasteiger partial charge on any atom is 0.334 e. The molecule has 0 aliphatic carbocycles. The minimum Gasteiger partial charge on any atom is -0.479 e. The minimum atomic E-state index is -1.22. The Bertz CT molecular complexity index is 1380. The summed E-state index contributed by atoms with van der Waals surface area (Å²) in [5.41, 5.74) is 0.761. The Balaban J connectivity index is 1.89. The zero-order valence-corrected chi connectivity index (χ0v) is 21.1. The first-order valence-electron chi connectivity index (χ1n) is 10.5. The fourth-order valence-electron chi connectivity index (χ4n) is 3.30. The van der Waals surface area contributed by atoms with Crippen molar-refractivity contribution in [2.24, 2.45) is 0 Å². The van der Waals surface area contributed by atoms with E-state index in [0.29, 0.717) is 11.3 Å². The van der Waals surface area contributed by atoms with Gasteiger partial charge in [-0.25, -0.2) is 13.6 Å². The first kappa shape index (κ1) is 27.0. The van der Waals surface area contributed by atoms with Crippen LogP contribution in [0.2, 0.25) is 0 Å². The van der Waals surface area contributed by atoms with E-state index in [1.54, 1.807) is 19.9 Å². The summed E-state index contributed by atoms with van der Waals surface area (Å²) in [7, 11) is 1.22. The van der Waals surface area contributed by atoms with Gasteiger partial charge in [-0.2, -0.15) is 4.98 Å². The van der Waals surface area contributed by atoms with E-state index in [4.69, 9.17) is 14.6 Å². The standard InChI is InChI=1S/C24H22BrF2N3O6/c1-12-4-5-14(21(31)28-10-19(35-3)24(33)34)8-18(12)30-13(2)29-22(20(25)23(30)32)36-11-15-6-7-16(26)9-17(15)27/h4-9,19H,10-11H2,1-3H3,(H,28,31)(H,33,34). The molecule has 0 saturated heterocycles. The molecule has 0 fully saturated rings. The van der Waals surface area contributed by atoms with Gasteiger partial charge in [-0.3, -0.25) is 14.2 Å². The maximum absolute atomic E-state index is 13.9. The van der Waals surface area contributed by atoms with Crippen LogP contribution < -0.4 is 15.6 Å². The summed E-state index contributed by atoms with van der Waals surface area (Å²) in [6, 6.07) is 7.71. The van der Waals surface area contributed by atoms with Crippen molar-refractivity contribution in [1.29, 1.82) is 0 Å². The van der Waals surface area contributed by atoms with Gasteiger partial charge in [0.2, 0.25) is 5.88 Å². The van der Waals surface area contributed by atoms with E-state index >= 15 is 0 Å². The second kappa shape index (κ2) is 11.4. The van der Waals surface area contributed by atoms with Crippen LogP contribution in [0.1, 0.15) is 27.3 Å². The fraction of sp³-hybridized carbons (Fsp3) is 0.250. The molecule has 0 bridgehead atoms. The lowest BCUT2D eigenvalue weighted by atomic mass is 10.1. The van der Waals surface area contributed by atoms with Crippen molar-refractivity contribution in [2.45, 2.75) is 26.6 Å². The number of carboxylic acid groups (broad SMARTS) is 1. The van der Waals surface area contributed by atoms with Crippen LogP contribution in [0.3, 0.4) is 0 Å². The van der Waals surface area contributed by atoms with Crippen molar-refractivity contribution >= 4 is 27.8 Å². The second-order valence-corrected chi connectivity index (χ2v) is 8.51. The third-order valence-electron chi connectivity index (χ3n) is 5.27. The molecule has 0 aliphatic heterocycles. The number of carbonyl (C=O) groups excluding carboxylic acids is 1. The highest BCUT2D eigenvalue weighted by atomic mass is 79.9. The SMILES string of the molecule is COC(CNC(=O)c1ccc(C)c(-n2c(C)nc(OCc3ccc(F)cc3F)c(Br)c2=O)c1)C(=O)O. The van der Waals surface area contributed by atoms with Gasteiger partial charge < -0.3 is 19.9 Å². The number of hydrogen-bond donors (Lipinski definition) is 2. The molecule has 1 amide bonds. The lowest BCUT2D eigenvalue weighted by molar-refractivity contribution is -0.148. The third kappa shape index (κ3) is 5.94. The van der Waals surface area contributed by atoms with Crippen LogP contribution in [-0.2, 0) is 16.1 Å². The number of hydrogen-bond acceptors (Lipinski definition) is 6. The van der Waals surface area contributed by atoms with Crippen LogP contribution >= 0.6 is 15.9 Å². The van der Waals surface area contributed by atoms with Crippen molar-refractivity contribution in [3.8, 4) is 11.6 Å². The number of halogens is 3. The van der Waals surface area contributed by atoms with Gasteiger partial charge in [0.25, 0.3) is 11.5 Å². The molecule has 36 heavy (non-hydrogen) atoms. The van der Waals surface area contributed by atoms with Crippen molar-refractivity contribution in [3.05, 3.63) is 85.4 Å². The number of methoxy groups -OCH3 is 1. The van der Waals surface area contributed by atoms with Gasteiger partial charge in [0, 0.05) is 24.3 Å². The normalized spacial score (nSPS) is 11.7. The van der Waals surface area contributed by atoms with E-state index in [1.165, 1.54) is 29.9 Å². The van der Waals surface area contributed by atoms with E-state index in [9.17, 15) is 23.2 Å². The number of nitrogens with zero attached hydrogens (tertiary/aromatic N) is 2. The highest BCUT2D eigenvalue weighted by Gasteiger charge is 2.20. The largest absolute Gasteiger partial charge is 0.479 e. The van der Waals surface area contributed by atoms with Crippen LogP contribution in [0.4, 0.5) is 8.78 Å². The number of carboxylic acids is 1. The Hall–Kier alpha value is -3.64. The van der Waals surface area contributed by atoms with E-state index in [2.05, 4.69) is 26.2 Å². The molecule has 0 spiro atoms. The average molecular weight is 566 g/mol. The Morgan fingerprint density at radius 3 is 2.56 bits per heavy atom. The lowest BCUT2D eigenvalue weighted by Crippen LogP contribution is -2.37. The summed E-state index contributed by atoms with van der Waals surface area (Å²) >= 11 is 3.18. The molecule has 0 radical (unpaired) electrons. The van der Waals surface area contributed by atoms with E-state index in [1.807, 2.05) is 0 Å². The van der Waals surface area contributed by atoms with Crippen molar-refractivity contribution in [1.82, 2.24) is 14.9 Å². The molecule has 0 saturated carbocycles. The van der Waals surface area contributed by atoms with E-state index < -0.39 is 35.2 Å². The van der Waals surface area contributed by atoms with Crippen LogP contribution in [0, 0.1) is 25.5 Å². The molecule has 0 aliphatic rings. The Morgan fingerprint density at radius 1 is 1.19 bits per heavy atom. The first-order chi connectivity index (χ1) is 17.0. The smallest absolute Gasteiger partial charge is 0.334 e.